The van der Waals surface area contributed by atoms with Crippen LogP contribution in [0.25, 0.3) is 10.8 Å². The monoisotopic (exact) mass is 469 g/mol. The van der Waals surface area contributed by atoms with Crippen LogP contribution in [0.2, 0.25) is 0 Å². The third-order valence-corrected chi connectivity index (χ3v) is 7.44. The Bertz CT molecular complexity index is 1270. The maximum absolute atomic E-state index is 13.1. The lowest BCUT2D eigenvalue weighted by Gasteiger charge is -2.35. The molecule has 1 atom stereocenters. The van der Waals surface area contributed by atoms with Gasteiger partial charge in [0.05, 0.1) is 17.3 Å². The highest BCUT2D eigenvalue weighted by molar-refractivity contribution is 6.06. The van der Waals surface area contributed by atoms with E-state index in [9.17, 15) is 4.79 Å². The van der Waals surface area contributed by atoms with E-state index in [-0.39, 0.29) is 11.9 Å². The molecule has 0 radical (unpaired) electrons. The predicted molar refractivity (Wildman–Crippen MR) is 139 cm³/mol. The fraction of sp³-hybridized carbons (Fsp3) is 0.393. The van der Waals surface area contributed by atoms with E-state index < -0.39 is 0 Å². The molecular weight excluding hydrogens is 438 g/mol. The van der Waals surface area contributed by atoms with E-state index in [1.807, 2.05) is 41.6 Å². The van der Waals surface area contributed by atoms with Crippen molar-refractivity contribution in [3.05, 3.63) is 59.8 Å². The third kappa shape index (κ3) is 4.36. The average molecular weight is 470 g/mol. The van der Waals surface area contributed by atoms with Crippen LogP contribution in [0.5, 0.6) is 5.75 Å². The number of aryl methyl sites for hydroxylation is 1. The first-order valence-electron chi connectivity index (χ1n) is 12.6. The molecule has 6 rings (SSSR count). The molecule has 35 heavy (non-hydrogen) atoms. The second-order valence-electron chi connectivity index (χ2n) is 9.69. The number of fused-ring (bicyclic) bond motifs is 3. The summed E-state index contributed by atoms with van der Waals surface area (Å²) in [6.07, 6.45) is 5.84. The van der Waals surface area contributed by atoms with Gasteiger partial charge < -0.3 is 14.5 Å². The third-order valence-electron chi connectivity index (χ3n) is 7.44. The number of nitrogens with zero attached hydrogens (tertiary/aromatic N) is 5. The number of carbonyl (C=O) groups is 1. The highest BCUT2D eigenvalue weighted by Crippen LogP contribution is 2.34. The highest BCUT2D eigenvalue weighted by Gasteiger charge is 2.31. The molecule has 7 heteroatoms. The van der Waals surface area contributed by atoms with Crippen molar-refractivity contribution in [3.8, 4) is 5.75 Å². The summed E-state index contributed by atoms with van der Waals surface area (Å²) in [6, 6.07) is 14.5. The fourth-order valence-electron chi connectivity index (χ4n) is 5.41. The minimum Gasteiger partial charge on any atom is -0.492 e. The van der Waals surface area contributed by atoms with Gasteiger partial charge in [-0.1, -0.05) is 6.07 Å². The van der Waals surface area contributed by atoms with Crippen LogP contribution in [0.1, 0.15) is 28.8 Å². The van der Waals surface area contributed by atoms with Gasteiger partial charge in [-0.25, -0.2) is 4.98 Å². The quantitative estimate of drug-likeness (QED) is 0.564. The molecule has 4 heterocycles. The molecule has 2 fully saturated rings. The van der Waals surface area contributed by atoms with Crippen LogP contribution in [0.3, 0.4) is 0 Å². The van der Waals surface area contributed by atoms with Crippen LogP contribution in [0, 0.1) is 6.92 Å². The van der Waals surface area contributed by atoms with Gasteiger partial charge in [0, 0.05) is 51.7 Å². The van der Waals surface area contributed by atoms with Gasteiger partial charge in [0.2, 0.25) is 0 Å². The number of piperazine rings is 1. The van der Waals surface area contributed by atoms with Crippen molar-refractivity contribution in [2.75, 3.05) is 50.8 Å². The molecule has 2 saturated heterocycles. The van der Waals surface area contributed by atoms with Crippen molar-refractivity contribution in [1.82, 2.24) is 14.8 Å². The summed E-state index contributed by atoms with van der Waals surface area (Å²) in [5.41, 5.74) is 2.55. The Morgan fingerprint density at radius 1 is 1.03 bits per heavy atom. The first kappa shape index (κ1) is 22.0. The van der Waals surface area contributed by atoms with Gasteiger partial charge in [-0.15, -0.1) is 0 Å². The summed E-state index contributed by atoms with van der Waals surface area (Å²) < 4.78 is 6.23. The number of benzene rings is 2. The van der Waals surface area contributed by atoms with Crippen LogP contribution in [0.15, 0.2) is 53.7 Å². The number of aromatic nitrogens is 1. The normalized spacial score (nSPS) is 20.1. The molecule has 2 aromatic carbocycles. The Kier molecular flexibility index (Phi) is 5.86. The Balaban J connectivity index is 1.12. The second kappa shape index (κ2) is 9.30. The molecule has 3 aliphatic heterocycles. The number of anilines is 1. The van der Waals surface area contributed by atoms with Gasteiger partial charge in [0.1, 0.15) is 18.2 Å². The minimum atomic E-state index is 0.100. The molecule has 0 spiro atoms. The largest absolute Gasteiger partial charge is 0.492 e. The molecule has 0 saturated carbocycles. The van der Waals surface area contributed by atoms with E-state index in [2.05, 4.69) is 44.9 Å². The lowest BCUT2D eigenvalue weighted by molar-refractivity contribution is 0.0775. The standard InChI is InChI=1S/C28H31N5O2/c1-20-15-21-16-24-25(30-19-23-5-4-8-33(23)28(24)34)17-22(21)18-26(20)35-14-13-31-9-11-32(12-10-31)27-6-2-3-7-29-27/h2-3,6-7,15-19,23H,4-5,8-14H2,1H3/t23-/m0/s1. The van der Waals surface area contributed by atoms with E-state index in [4.69, 9.17) is 4.74 Å². The van der Waals surface area contributed by atoms with E-state index >= 15 is 0 Å². The van der Waals surface area contributed by atoms with Crippen molar-refractivity contribution in [2.45, 2.75) is 25.8 Å². The molecule has 1 aromatic heterocycles. The maximum Gasteiger partial charge on any atom is 0.256 e. The molecule has 0 aliphatic carbocycles. The molecule has 0 unspecified atom stereocenters. The molecule has 0 bridgehead atoms. The summed E-state index contributed by atoms with van der Waals surface area (Å²) >= 11 is 0. The fourth-order valence-corrected chi connectivity index (χ4v) is 5.41. The summed E-state index contributed by atoms with van der Waals surface area (Å²) in [7, 11) is 0. The summed E-state index contributed by atoms with van der Waals surface area (Å²) in [6.45, 7) is 8.41. The Labute approximate surface area is 206 Å². The summed E-state index contributed by atoms with van der Waals surface area (Å²) in [4.78, 5) is 29.0. The smallest absolute Gasteiger partial charge is 0.256 e. The summed E-state index contributed by atoms with van der Waals surface area (Å²) in [5.74, 6) is 2.05. The number of hydrogen-bond donors (Lipinski definition) is 0. The zero-order valence-electron chi connectivity index (χ0n) is 20.2. The number of hydrogen-bond acceptors (Lipinski definition) is 6. The number of amides is 1. The van der Waals surface area contributed by atoms with Crippen molar-refractivity contribution in [2.24, 2.45) is 4.99 Å². The molecule has 0 N–H and O–H groups in total. The van der Waals surface area contributed by atoms with Crippen molar-refractivity contribution < 1.29 is 9.53 Å². The van der Waals surface area contributed by atoms with Gasteiger partial charge in [-0.2, -0.15) is 0 Å². The summed E-state index contributed by atoms with van der Waals surface area (Å²) in [5, 5.41) is 2.11. The molecule has 3 aliphatic rings. The zero-order chi connectivity index (χ0) is 23.8. The Morgan fingerprint density at radius 3 is 2.71 bits per heavy atom. The van der Waals surface area contributed by atoms with Crippen molar-refractivity contribution >= 4 is 34.4 Å². The predicted octanol–water partition coefficient (Wildman–Crippen LogP) is 4.06. The van der Waals surface area contributed by atoms with Gasteiger partial charge in [0.15, 0.2) is 0 Å². The lowest BCUT2D eigenvalue weighted by Crippen LogP contribution is -2.47. The average Bonchev–Trinajstić information content (AvgIpc) is 3.32. The maximum atomic E-state index is 13.1. The highest BCUT2D eigenvalue weighted by atomic mass is 16.5. The van der Waals surface area contributed by atoms with Gasteiger partial charge in [-0.05, 0) is 72.5 Å². The van der Waals surface area contributed by atoms with E-state index in [0.717, 1.165) is 85.7 Å². The second-order valence-corrected chi connectivity index (χ2v) is 9.69. The van der Waals surface area contributed by atoms with E-state index in [1.54, 1.807) is 0 Å². The zero-order valence-corrected chi connectivity index (χ0v) is 20.2. The number of ether oxygens (including phenoxy) is 1. The number of carbonyl (C=O) groups excluding carboxylic acids is 1. The first-order valence-corrected chi connectivity index (χ1v) is 12.6. The van der Waals surface area contributed by atoms with Crippen LogP contribution < -0.4 is 9.64 Å². The Hall–Kier alpha value is -3.45. The van der Waals surface area contributed by atoms with Gasteiger partial charge in [0.25, 0.3) is 5.91 Å². The van der Waals surface area contributed by atoms with Crippen LogP contribution in [0.4, 0.5) is 11.5 Å². The molecule has 3 aromatic rings. The minimum absolute atomic E-state index is 0.100. The first-order chi connectivity index (χ1) is 17.2. The molecular formula is C28H31N5O2. The van der Waals surface area contributed by atoms with Crippen LogP contribution in [-0.2, 0) is 0 Å². The SMILES string of the molecule is Cc1cc2cc3c(cc2cc1OCCN1CCN(c2ccccn2)CC1)N=C[C@@H]1CCCN1C3=O. The van der Waals surface area contributed by atoms with Crippen LogP contribution >= 0.6 is 0 Å². The Morgan fingerprint density at radius 2 is 1.89 bits per heavy atom. The lowest BCUT2D eigenvalue weighted by atomic mass is 10.0. The molecule has 1 amide bonds. The molecule has 180 valence electrons. The van der Waals surface area contributed by atoms with Gasteiger partial charge in [-0.3, -0.25) is 14.7 Å². The molecule has 7 nitrogen and oxygen atoms in total. The van der Waals surface area contributed by atoms with Crippen molar-refractivity contribution in [3.63, 3.8) is 0 Å². The number of aliphatic imine (C=N–C) groups is 1. The van der Waals surface area contributed by atoms with Crippen LogP contribution in [-0.4, -0.2) is 78.8 Å². The van der Waals surface area contributed by atoms with E-state index in [1.165, 1.54) is 0 Å². The number of pyridine rings is 1. The topological polar surface area (TPSA) is 61.3 Å². The van der Waals surface area contributed by atoms with E-state index in [0.29, 0.717) is 12.2 Å². The number of rotatable bonds is 5. The van der Waals surface area contributed by atoms with Gasteiger partial charge >= 0.3 is 0 Å². The van der Waals surface area contributed by atoms with Crippen molar-refractivity contribution in [1.29, 1.82) is 0 Å².